The minimum absolute atomic E-state index is 0.0913. The molecular weight excluding hydrogens is 360 g/mol. The lowest BCUT2D eigenvalue weighted by Gasteiger charge is -2.26. The van der Waals surface area contributed by atoms with Crippen molar-refractivity contribution in [1.29, 1.82) is 0 Å². The standard InChI is InChI=1S/C22H40O6/c1-2-3-4-5-6-7-8-9-10-11-12-13-14-15-19(24)28-22(25)17-27-20-18(23)16-26-21(20)22/h18,20-21,23,25H,2-17H2,1H3/t18-,20-,21+,22+/m1/s1. The molecule has 0 spiro atoms. The molecule has 0 amide bonds. The molecule has 2 saturated heterocycles. The zero-order valence-corrected chi connectivity index (χ0v) is 17.6. The molecule has 0 aromatic rings. The predicted octanol–water partition coefficient (Wildman–Crippen LogP) is 3.86. The van der Waals surface area contributed by atoms with Crippen LogP contribution >= 0.6 is 0 Å². The van der Waals surface area contributed by atoms with Gasteiger partial charge in [0.15, 0.2) is 6.10 Å². The first-order chi connectivity index (χ1) is 13.6. The highest BCUT2D eigenvalue weighted by Gasteiger charge is 2.58. The smallest absolute Gasteiger partial charge is 0.308 e. The number of ether oxygens (including phenoxy) is 3. The van der Waals surface area contributed by atoms with Crippen molar-refractivity contribution in [2.75, 3.05) is 13.2 Å². The molecule has 4 atom stereocenters. The molecule has 2 aliphatic heterocycles. The van der Waals surface area contributed by atoms with Gasteiger partial charge < -0.3 is 24.4 Å². The average Bonchev–Trinajstić information content (AvgIpc) is 3.20. The van der Waals surface area contributed by atoms with Gasteiger partial charge in [-0.25, -0.2) is 0 Å². The van der Waals surface area contributed by atoms with Crippen LogP contribution < -0.4 is 0 Å². The van der Waals surface area contributed by atoms with Crippen LogP contribution in [0.3, 0.4) is 0 Å². The third-order valence-corrected chi connectivity index (χ3v) is 5.83. The van der Waals surface area contributed by atoms with E-state index in [-0.39, 0.29) is 13.2 Å². The van der Waals surface area contributed by atoms with E-state index < -0.39 is 30.1 Å². The summed E-state index contributed by atoms with van der Waals surface area (Å²) < 4.78 is 15.9. The minimum Gasteiger partial charge on any atom is -0.428 e. The molecule has 0 radical (unpaired) electrons. The Morgan fingerprint density at radius 2 is 1.46 bits per heavy atom. The van der Waals surface area contributed by atoms with Crippen molar-refractivity contribution in [2.24, 2.45) is 0 Å². The van der Waals surface area contributed by atoms with Crippen LogP contribution in [0.5, 0.6) is 0 Å². The Kier molecular flexibility index (Phi) is 10.8. The highest BCUT2D eigenvalue weighted by molar-refractivity contribution is 5.69. The van der Waals surface area contributed by atoms with Crippen molar-refractivity contribution in [1.82, 2.24) is 0 Å². The molecule has 0 aliphatic carbocycles. The van der Waals surface area contributed by atoms with E-state index in [9.17, 15) is 15.0 Å². The molecule has 2 aliphatic rings. The summed E-state index contributed by atoms with van der Waals surface area (Å²) in [7, 11) is 0. The molecule has 0 unspecified atom stereocenters. The van der Waals surface area contributed by atoms with E-state index in [1.807, 2.05) is 0 Å². The van der Waals surface area contributed by atoms with Crippen LogP contribution in [0.25, 0.3) is 0 Å². The summed E-state index contributed by atoms with van der Waals surface area (Å²) in [4.78, 5) is 12.0. The van der Waals surface area contributed by atoms with E-state index in [2.05, 4.69) is 6.92 Å². The van der Waals surface area contributed by atoms with Gasteiger partial charge in [-0.15, -0.1) is 0 Å². The van der Waals surface area contributed by atoms with E-state index in [1.54, 1.807) is 0 Å². The molecule has 28 heavy (non-hydrogen) atoms. The predicted molar refractivity (Wildman–Crippen MR) is 107 cm³/mol. The molecule has 164 valence electrons. The van der Waals surface area contributed by atoms with Crippen molar-refractivity contribution in [3.63, 3.8) is 0 Å². The maximum Gasteiger partial charge on any atom is 0.308 e. The first-order valence-corrected chi connectivity index (χ1v) is 11.4. The Balaban J connectivity index is 1.41. The number of hydrogen-bond acceptors (Lipinski definition) is 6. The van der Waals surface area contributed by atoms with Crippen LogP contribution in [0.2, 0.25) is 0 Å². The van der Waals surface area contributed by atoms with Crippen molar-refractivity contribution in [2.45, 2.75) is 121 Å². The van der Waals surface area contributed by atoms with Gasteiger partial charge in [0.1, 0.15) is 18.8 Å². The largest absolute Gasteiger partial charge is 0.428 e. The summed E-state index contributed by atoms with van der Waals surface area (Å²) in [6.45, 7) is 2.19. The van der Waals surface area contributed by atoms with E-state index in [4.69, 9.17) is 14.2 Å². The van der Waals surface area contributed by atoms with E-state index in [0.29, 0.717) is 6.42 Å². The van der Waals surface area contributed by atoms with Crippen LogP contribution in [-0.2, 0) is 19.0 Å². The number of carbonyl (C=O) groups is 1. The van der Waals surface area contributed by atoms with Crippen molar-refractivity contribution in [3.05, 3.63) is 0 Å². The molecule has 0 saturated carbocycles. The molecule has 0 aromatic carbocycles. The number of hydrogen-bond donors (Lipinski definition) is 2. The summed E-state index contributed by atoms with van der Waals surface area (Å²) in [5.74, 6) is -2.20. The number of esters is 1. The van der Waals surface area contributed by atoms with Gasteiger partial charge in [0.25, 0.3) is 5.79 Å². The van der Waals surface area contributed by atoms with Gasteiger partial charge in [-0.2, -0.15) is 0 Å². The maximum atomic E-state index is 12.0. The molecule has 0 aromatic heterocycles. The number of fused-ring (bicyclic) bond motifs is 1. The van der Waals surface area contributed by atoms with Gasteiger partial charge in [-0.1, -0.05) is 84.0 Å². The molecule has 2 fully saturated rings. The average molecular weight is 401 g/mol. The highest BCUT2D eigenvalue weighted by atomic mass is 16.7. The molecule has 0 bridgehead atoms. The van der Waals surface area contributed by atoms with Crippen LogP contribution in [0.1, 0.15) is 96.8 Å². The van der Waals surface area contributed by atoms with E-state index in [1.165, 1.54) is 64.2 Å². The Bertz CT molecular complexity index is 443. The zero-order valence-electron chi connectivity index (χ0n) is 17.6. The summed E-state index contributed by atoms with van der Waals surface area (Å²) in [5, 5.41) is 20.1. The lowest BCUT2D eigenvalue weighted by atomic mass is 10.0. The van der Waals surface area contributed by atoms with Crippen LogP contribution in [-0.4, -0.2) is 53.5 Å². The normalized spacial score (nSPS) is 29.2. The topological polar surface area (TPSA) is 85.2 Å². The summed E-state index contributed by atoms with van der Waals surface area (Å²) >= 11 is 0. The fraction of sp³-hybridized carbons (Fsp3) is 0.955. The van der Waals surface area contributed by atoms with Gasteiger partial charge >= 0.3 is 5.97 Å². The Morgan fingerprint density at radius 1 is 0.929 bits per heavy atom. The van der Waals surface area contributed by atoms with Gasteiger partial charge in [-0.05, 0) is 6.42 Å². The SMILES string of the molecule is CCCCCCCCCCCCCCCC(=O)O[C@@]1(O)CO[C@@H]2[C@H](O)CO[C@@H]21. The number of carbonyl (C=O) groups excluding carboxylic acids is 1. The Morgan fingerprint density at radius 3 is 2.04 bits per heavy atom. The molecule has 6 heteroatoms. The second kappa shape index (κ2) is 12.8. The lowest BCUT2D eigenvalue weighted by molar-refractivity contribution is -0.237. The third kappa shape index (κ3) is 7.62. The quantitative estimate of drug-likeness (QED) is 0.247. The van der Waals surface area contributed by atoms with Gasteiger partial charge in [-0.3, -0.25) is 4.79 Å². The molecule has 2 N–H and O–H groups in total. The molecular formula is C22H40O6. The number of rotatable bonds is 15. The lowest BCUT2D eigenvalue weighted by Crippen LogP contribution is -2.47. The fourth-order valence-corrected chi connectivity index (χ4v) is 4.10. The van der Waals surface area contributed by atoms with Crippen molar-refractivity contribution in [3.8, 4) is 0 Å². The van der Waals surface area contributed by atoms with Crippen molar-refractivity contribution >= 4 is 5.97 Å². The second-order valence-corrected chi connectivity index (χ2v) is 8.41. The highest BCUT2D eigenvalue weighted by Crippen LogP contribution is 2.35. The van der Waals surface area contributed by atoms with Gasteiger partial charge in [0.2, 0.25) is 0 Å². The zero-order chi connectivity index (χ0) is 20.2. The summed E-state index contributed by atoms with van der Waals surface area (Å²) in [6.07, 6.45) is 14.4. The number of unbranched alkanes of at least 4 members (excludes halogenated alkanes) is 12. The van der Waals surface area contributed by atoms with Gasteiger partial charge in [0, 0.05) is 6.42 Å². The van der Waals surface area contributed by atoms with Crippen LogP contribution in [0.15, 0.2) is 0 Å². The molecule has 6 nitrogen and oxygen atoms in total. The van der Waals surface area contributed by atoms with Gasteiger partial charge in [0.05, 0.1) is 6.61 Å². The molecule has 2 rings (SSSR count). The van der Waals surface area contributed by atoms with Crippen LogP contribution in [0.4, 0.5) is 0 Å². The number of aliphatic hydroxyl groups is 2. The second-order valence-electron chi connectivity index (χ2n) is 8.41. The van der Waals surface area contributed by atoms with E-state index in [0.717, 1.165) is 19.3 Å². The third-order valence-electron chi connectivity index (χ3n) is 5.83. The Hall–Kier alpha value is -0.690. The van der Waals surface area contributed by atoms with Crippen LogP contribution in [0, 0.1) is 0 Å². The first-order valence-electron chi connectivity index (χ1n) is 11.4. The van der Waals surface area contributed by atoms with E-state index >= 15 is 0 Å². The first kappa shape index (κ1) is 23.6. The number of aliphatic hydroxyl groups excluding tert-OH is 1. The summed E-state index contributed by atoms with van der Waals surface area (Å²) in [6, 6.07) is 0. The van der Waals surface area contributed by atoms with Crippen molar-refractivity contribution < 1.29 is 29.2 Å². The monoisotopic (exact) mass is 400 g/mol. The minimum atomic E-state index is -1.77. The Labute approximate surface area is 169 Å². The maximum absolute atomic E-state index is 12.0. The summed E-state index contributed by atoms with van der Waals surface area (Å²) in [5.41, 5.74) is 0. The molecule has 2 heterocycles. The fourth-order valence-electron chi connectivity index (χ4n) is 4.10.